The van der Waals surface area contributed by atoms with Crippen molar-refractivity contribution < 1.29 is 4.74 Å². The second-order valence-corrected chi connectivity index (χ2v) is 7.84. The molecule has 1 aliphatic carbocycles. The van der Waals surface area contributed by atoms with Crippen molar-refractivity contribution in [1.82, 2.24) is 0 Å². The Morgan fingerprint density at radius 1 is 1.29 bits per heavy atom. The molecule has 21 heavy (non-hydrogen) atoms. The Morgan fingerprint density at radius 2 is 2.00 bits per heavy atom. The van der Waals surface area contributed by atoms with E-state index < -0.39 is 0 Å². The molecule has 0 heterocycles. The van der Waals surface area contributed by atoms with Crippen molar-refractivity contribution in [2.24, 2.45) is 17.1 Å². The molecule has 2 N–H and O–H groups in total. The van der Waals surface area contributed by atoms with Crippen molar-refractivity contribution in [1.29, 1.82) is 0 Å². The predicted molar refractivity (Wildman–Crippen MR) is 89.4 cm³/mol. The van der Waals surface area contributed by atoms with Crippen molar-refractivity contribution in [2.45, 2.75) is 66.0 Å². The third-order valence-corrected chi connectivity index (χ3v) is 4.69. The number of ether oxygens (including phenoxy) is 1. The summed E-state index contributed by atoms with van der Waals surface area (Å²) in [5.74, 6) is 0.746. The third-order valence-electron chi connectivity index (χ3n) is 4.69. The van der Waals surface area contributed by atoms with Gasteiger partial charge >= 0.3 is 0 Å². The van der Waals surface area contributed by atoms with E-state index in [1.165, 1.54) is 29.5 Å². The van der Waals surface area contributed by atoms with Gasteiger partial charge in [0.2, 0.25) is 0 Å². The highest BCUT2D eigenvalue weighted by Crippen LogP contribution is 2.39. The van der Waals surface area contributed by atoms with Gasteiger partial charge in [0.1, 0.15) is 0 Å². The molecule has 0 saturated heterocycles. The first-order valence-corrected chi connectivity index (χ1v) is 8.21. The van der Waals surface area contributed by atoms with Crippen molar-refractivity contribution >= 4 is 0 Å². The maximum absolute atomic E-state index is 6.36. The fraction of sp³-hybridized carbons (Fsp3) is 0.684. The topological polar surface area (TPSA) is 35.2 Å². The van der Waals surface area contributed by atoms with Gasteiger partial charge in [-0.15, -0.1) is 0 Å². The molecule has 1 aliphatic rings. The van der Waals surface area contributed by atoms with Gasteiger partial charge in [0.15, 0.2) is 0 Å². The maximum atomic E-state index is 6.36. The summed E-state index contributed by atoms with van der Waals surface area (Å²) in [5, 5.41) is 0. The van der Waals surface area contributed by atoms with Crippen molar-refractivity contribution in [2.75, 3.05) is 6.61 Å². The minimum atomic E-state index is -0.0229. The number of hydrogen-bond acceptors (Lipinski definition) is 2. The van der Waals surface area contributed by atoms with E-state index in [9.17, 15) is 0 Å². The smallest absolute Gasteiger partial charge is 0.0663 e. The highest BCUT2D eigenvalue weighted by atomic mass is 16.5. The lowest BCUT2D eigenvalue weighted by molar-refractivity contribution is -0.0279. The largest absolute Gasteiger partial charge is 0.376 e. The quantitative estimate of drug-likeness (QED) is 0.883. The van der Waals surface area contributed by atoms with Gasteiger partial charge in [-0.25, -0.2) is 0 Å². The van der Waals surface area contributed by atoms with Crippen LogP contribution >= 0.6 is 0 Å². The van der Waals surface area contributed by atoms with Crippen LogP contribution in [-0.2, 0) is 4.74 Å². The van der Waals surface area contributed by atoms with E-state index in [0.29, 0.717) is 18.1 Å². The number of rotatable bonds is 4. The molecule has 0 spiro atoms. The standard InChI is InChI=1S/C19H31NO/c1-13-6-7-15(3)17(9-13)18(20)12-21-16-8-14(2)10-19(4,5)11-16/h6-7,9,14,16,18H,8,10-12,20H2,1-5H3. The first-order chi connectivity index (χ1) is 9.77. The van der Waals surface area contributed by atoms with Gasteiger partial charge < -0.3 is 10.5 Å². The second-order valence-electron chi connectivity index (χ2n) is 7.84. The molecule has 1 fully saturated rings. The summed E-state index contributed by atoms with van der Waals surface area (Å²) >= 11 is 0. The molecule has 2 rings (SSSR count). The Morgan fingerprint density at radius 3 is 2.67 bits per heavy atom. The average molecular weight is 289 g/mol. The Bertz CT molecular complexity index is 480. The zero-order valence-corrected chi connectivity index (χ0v) is 14.3. The number of benzene rings is 1. The molecular formula is C19H31NO. The van der Waals surface area contributed by atoms with E-state index in [1.807, 2.05) is 0 Å². The van der Waals surface area contributed by atoms with Gasteiger partial charge in [0.05, 0.1) is 18.8 Å². The van der Waals surface area contributed by atoms with Crippen molar-refractivity contribution in [3.8, 4) is 0 Å². The zero-order valence-electron chi connectivity index (χ0n) is 14.3. The van der Waals surface area contributed by atoms with Crippen LogP contribution in [-0.4, -0.2) is 12.7 Å². The summed E-state index contributed by atoms with van der Waals surface area (Å²) in [6, 6.07) is 6.45. The average Bonchev–Trinajstić information content (AvgIpc) is 2.36. The molecule has 3 unspecified atom stereocenters. The lowest BCUT2D eigenvalue weighted by atomic mass is 9.71. The SMILES string of the molecule is Cc1ccc(C)c(C(N)COC2CC(C)CC(C)(C)C2)c1. The summed E-state index contributed by atoms with van der Waals surface area (Å²) < 4.78 is 6.18. The molecular weight excluding hydrogens is 258 g/mol. The van der Waals surface area contributed by atoms with Crippen LogP contribution in [0.15, 0.2) is 18.2 Å². The molecule has 1 aromatic carbocycles. The minimum Gasteiger partial charge on any atom is -0.376 e. The molecule has 2 nitrogen and oxygen atoms in total. The highest BCUT2D eigenvalue weighted by molar-refractivity contribution is 5.32. The van der Waals surface area contributed by atoms with Gasteiger partial charge in [-0.3, -0.25) is 0 Å². The molecule has 0 bridgehead atoms. The Hall–Kier alpha value is -0.860. The van der Waals surface area contributed by atoms with Crippen LogP contribution in [0.4, 0.5) is 0 Å². The van der Waals surface area contributed by atoms with Gasteiger partial charge in [-0.1, -0.05) is 44.5 Å². The predicted octanol–water partition coefficient (Wildman–Crippen LogP) is 4.53. The van der Waals surface area contributed by atoms with Crippen LogP contribution in [0, 0.1) is 25.2 Å². The molecule has 2 heteroatoms. The molecule has 3 atom stereocenters. The summed E-state index contributed by atoms with van der Waals surface area (Å²) in [7, 11) is 0. The van der Waals surface area contributed by atoms with Crippen LogP contribution in [0.25, 0.3) is 0 Å². The van der Waals surface area contributed by atoms with Crippen molar-refractivity contribution in [3.05, 3.63) is 34.9 Å². The Kier molecular flexibility index (Phi) is 5.11. The van der Waals surface area contributed by atoms with E-state index in [0.717, 1.165) is 12.3 Å². The second kappa shape index (κ2) is 6.50. The monoisotopic (exact) mass is 289 g/mol. The number of aryl methyl sites for hydroxylation is 2. The number of nitrogens with two attached hydrogens (primary N) is 1. The Balaban J connectivity index is 1.94. The first-order valence-electron chi connectivity index (χ1n) is 8.21. The van der Waals surface area contributed by atoms with E-state index in [2.05, 4.69) is 52.8 Å². The van der Waals surface area contributed by atoms with Gasteiger partial charge in [-0.05, 0) is 55.6 Å². The maximum Gasteiger partial charge on any atom is 0.0663 e. The lowest BCUT2D eigenvalue weighted by Crippen LogP contribution is -2.34. The molecule has 1 aromatic rings. The lowest BCUT2D eigenvalue weighted by Gasteiger charge is -2.39. The number of hydrogen-bond donors (Lipinski definition) is 1. The summed E-state index contributed by atoms with van der Waals surface area (Å²) in [6.45, 7) is 11.9. The van der Waals surface area contributed by atoms with Gasteiger partial charge in [0.25, 0.3) is 0 Å². The molecule has 0 amide bonds. The summed E-state index contributed by atoms with van der Waals surface area (Å²) in [6.07, 6.45) is 3.98. The van der Waals surface area contributed by atoms with E-state index in [-0.39, 0.29) is 6.04 Å². The highest BCUT2D eigenvalue weighted by Gasteiger charge is 2.32. The zero-order chi connectivity index (χ0) is 15.6. The van der Waals surface area contributed by atoms with Crippen LogP contribution in [0.1, 0.15) is 62.8 Å². The van der Waals surface area contributed by atoms with Crippen LogP contribution in [0.2, 0.25) is 0 Å². The molecule has 0 aromatic heterocycles. The summed E-state index contributed by atoms with van der Waals surface area (Å²) in [4.78, 5) is 0. The normalized spacial score (nSPS) is 26.6. The first kappa shape index (κ1) is 16.5. The summed E-state index contributed by atoms with van der Waals surface area (Å²) in [5.41, 5.74) is 10.5. The van der Waals surface area contributed by atoms with Crippen molar-refractivity contribution in [3.63, 3.8) is 0 Å². The van der Waals surface area contributed by atoms with E-state index in [1.54, 1.807) is 0 Å². The molecule has 1 saturated carbocycles. The third kappa shape index (κ3) is 4.55. The fourth-order valence-electron chi connectivity index (χ4n) is 3.87. The van der Waals surface area contributed by atoms with E-state index in [4.69, 9.17) is 10.5 Å². The van der Waals surface area contributed by atoms with E-state index >= 15 is 0 Å². The van der Waals surface area contributed by atoms with Gasteiger partial charge in [-0.2, -0.15) is 0 Å². The molecule has 118 valence electrons. The van der Waals surface area contributed by atoms with Crippen LogP contribution in [0.3, 0.4) is 0 Å². The Labute approximate surface area is 130 Å². The van der Waals surface area contributed by atoms with Gasteiger partial charge in [0, 0.05) is 0 Å². The minimum absolute atomic E-state index is 0.0229. The van der Waals surface area contributed by atoms with Crippen LogP contribution < -0.4 is 5.73 Å². The van der Waals surface area contributed by atoms with Crippen LogP contribution in [0.5, 0.6) is 0 Å². The fourth-order valence-corrected chi connectivity index (χ4v) is 3.87. The molecule has 0 radical (unpaired) electrons. The molecule has 0 aliphatic heterocycles.